The van der Waals surface area contributed by atoms with Crippen LogP contribution in [0, 0.1) is 11.7 Å². The average Bonchev–Trinajstić information content (AvgIpc) is 2.23. The molecule has 0 fully saturated rings. The molecule has 1 nitrogen and oxygen atoms in total. The van der Waals surface area contributed by atoms with Crippen LogP contribution in [0.4, 0.5) is 17.6 Å². The number of halogens is 5. The third kappa shape index (κ3) is 5.23. The van der Waals surface area contributed by atoms with Crippen molar-refractivity contribution in [3.63, 3.8) is 0 Å². The van der Waals surface area contributed by atoms with Gasteiger partial charge in [-0.1, -0.05) is 30.7 Å². The van der Waals surface area contributed by atoms with Crippen LogP contribution in [0.5, 0.6) is 0 Å². The first-order valence-electron chi connectivity index (χ1n) is 5.50. The van der Waals surface area contributed by atoms with Gasteiger partial charge in [-0.2, -0.15) is 13.2 Å². The Hall–Kier alpha value is -0.810. The van der Waals surface area contributed by atoms with Gasteiger partial charge in [-0.05, 0) is 30.5 Å². The lowest BCUT2D eigenvalue weighted by Crippen LogP contribution is -2.32. The minimum absolute atomic E-state index is 0.0418. The summed E-state index contributed by atoms with van der Waals surface area (Å²) in [5, 5.41) is 2.36. The zero-order valence-electron chi connectivity index (χ0n) is 9.82. The van der Waals surface area contributed by atoms with Crippen molar-refractivity contribution < 1.29 is 17.6 Å². The van der Waals surface area contributed by atoms with E-state index in [2.05, 4.69) is 5.32 Å². The molecule has 0 amide bonds. The van der Waals surface area contributed by atoms with Gasteiger partial charge in [0, 0.05) is 0 Å². The van der Waals surface area contributed by atoms with Crippen LogP contribution >= 0.6 is 11.6 Å². The zero-order chi connectivity index (χ0) is 13.8. The molecule has 0 aromatic heterocycles. The first-order chi connectivity index (χ1) is 8.29. The molecule has 0 aliphatic rings. The summed E-state index contributed by atoms with van der Waals surface area (Å²) in [6.45, 7) is 0.963. The van der Waals surface area contributed by atoms with Crippen LogP contribution in [0.3, 0.4) is 0 Å². The van der Waals surface area contributed by atoms with Crippen LogP contribution in [0.15, 0.2) is 18.2 Å². The first kappa shape index (κ1) is 15.2. The Labute approximate surface area is 108 Å². The SMILES string of the molecule is CC(CNCC(F)(F)F)Cc1cccc(F)c1Cl. The third-order valence-electron chi connectivity index (χ3n) is 2.42. The molecule has 1 aromatic rings. The first-order valence-corrected chi connectivity index (χ1v) is 5.87. The Balaban J connectivity index is 2.45. The predicted octanol–water partition coefficient (Wildman–Crippen LogP) is 3.81. The highest BCUT2D eigenvalue weighted by molar-refractivity contribution is 6.31. The maximum absolute atomic E-state index is 13.1. The Bertz CT molecular complexity index is 392. The normalized spacial score (nSPS) is 13.7. The van der Waals surface area contributed by atoms with E-state index >= 15 is 0 Å². The van der Waals surface area contributed by atoms with Gasteiger partial charge in [0.25, 0.3) is 0 Å². The van der Waals surface area contributed by atoms with Crippen molar-refractivity contribution in [2.45, 2.75) is 19.5 Å². The molecule has 18 heavy (non-hydrogen) atoms. The van der Waals surface area contributed by atoms with Crippen LogP contribution in [-0.4, -0.2) is 19.3 Å². The smallest absolute Gasteiger partial charge is 0.308 e. The van der Waals surface area contributed by atoms with Crippen molar-refractivity contribution >= 4 is 11.6 Å². The Morgan fingerprint density at radius 2 is 2.00 bits per heavy atom. The molecule has 0 aliphatic carbocycles. The molecule has 0 spiro atoms. The van der Waals surface area contributed by atoms with Gasteiger partial charge < -0.3 is 5.32 Å². The summed E-state index contributed by atoms with van der Waals surface area (Å²) in [6.07, 6.45) is -3.78. The number of rotatable bonds is 5. The molecule has 1 unspecified atom stereocenters. The molecular formula is C12H14ClF4N. The molecule has 0 aliphatic heterocycles. The van der Waals surface area contributed by atoms with Gasteiger partial charge in [0.05, 0.1) is 11.6 Å². The fourth-order valence-electron chi connectivity index (χ4n) is 1.61. The van der Waals surface area contributed by atoms with E-state index in [1.807, 2.05) is 0 Å². The molecule has 102 valence electrons. The van der Waals surface area contributed by atoms with Crippen molar-refractivity contribution in [1.29, 1.82) is 0 Å². The number of alkyl halides is 3. The van der Waals surface area contributed by atoms with Gasteiger partial charge in [0.2, 0.25) is 0 Å². The summed E-state index contributed by atoms with van der Waals surface area (Å²) in [7, 11) is 0. The van der Waals surface area contributed by atoms with Gasteiger partial charge >= 0.3 is 6.18 Å². The van der Waals surface area contributed by atoms with Crippen LogP contribution in [0.25, 0.3) is 0 Å². The standard InChI is InChI=1S/C12H14ClF4N/c1-8(6-18-7-12(15,16)17)5-9-3-2-4-10(14)11(9)13/h2-4,8,18H,5-7H2,1H3. The highest BCUT2D eigenvalue weighted by Gasteiger charge is 2.26. The number of nitrogens with one attached hydrogen (secondary N) is 1. The van der Waals surface area contributed by atoms with Crippen LogP contribution in [0.1, 0.15) is 12.5 Å². The van der Waals surface area contributed by atoms with Crippen molar-refractivity contribution in [3.8, 4) is 0 Å². The van der Waals surface area contributed by atoms with Gasteiger partial charge in [-0.3, -0.25) is 0 Å². The molecule has 0 saturated carbocycles. The number of benzene rings is 1. The summed E-state index contributed by atoms with van der Waals surface area (Å²) < 4.78 is 48.9. The quantitative estimate of drug-likeness (QED) is 0.810. The largest absolute Gasteiger partial charge is 0.401 e. The van der Waals surface area contributed by atoms with Crippen LogP contribution < -0.4 is 5.32 Å². The molecule has 1 N–H and O–H groups in total. The second-order valence-corrected chi connectivity index (χ2v) is 4.65. The van der Waals surface area contributed by atoms with Gasteiger partial charge in [0.1, 0.15) is 5.82 Å². The van der Waals surface area contributed by atoms with Crippen LogP contribution in [0.2, 0.25) is 5.02 Å². The topological polar surface area (TPSA) is 12.0 Å². The highest BCUT2D eigenvalue weighted by Crippen LogP contribution is 2.22. The predicted molar refractivity (Wildman–Crippen MR) is 63.2 cm³/mol. The van der Waals surface area contributed by atoms with Crippen molar-refractivity contribution in [2.24, 2.45) is 5.92 Å². The average molecular weight is 284 g/mol. The Kier molecular flexibility index (Phi) is 5.41. The molecule has 0 saturated heterocycles. The molecular weight excluding hydrogens is 270 g/mol. The lowest BCUT2D eigenvalue weighted by molar-refractivity contribution is -0.125. The molecule has 6 heteroatoms. The summed E-state index contributed by atoms with van der Waals surface area (Å²) in [6, 6.07) is 4.45. The summed E-state index contributed by atoms with van der Waals surface area (Å²) in [5.41, 5.74) is 0.609. The number of hydrogen-bond donors (Lipinski definition) is 1. The second kappa shape index (κ2) is 6.38. The lowest BCUT2D eigenvalue weighted by Gasteiger charge is -2.14. The van der Waals surface area contributed by atoms with E-state index in [0.717, 1.165) is 0 Å². The molecule has 0 radical (unpaired) electrons. The van der Waals surface area contributed by atoms with E-state index in [1.54, 1.807) is 13.0 Å². The minimum atomic E-state index is -4.21. The van der Waals surface area contributed by atoms with Gasteiger partial charge in [-0.25, -0.2) is 4.39 Å². The molecule has 0 bridgehead atoms. The molecule has 1 rings (SSSR count). The summed E-state index contributed by atoms with van der Waals surface area (Å²) >= 11 is 5.77. The summed E-state index contributed by atoms with van der Waals surface area (Å²) in [4.78, 5) is 0. The van der Waals surface area contributed by atoms with Gasteiger partial charge in [0.15, 0.2) is 0 Å². The second-order valence-electron chi connectivity index (χ2n) is 4.27. The fraction of sp³-hybridized carbons (Fsp3) is 0.500. The summed E-state index contributed by atoms with van der Waals surface area (Å²) in [5.74, 6) is -0.573. The van der Waals surface area contributed by atoms with Crippen molar-refractivity contribution in [1.82, 2.24) is 5.32 Å². The zero-order valence-corrected chi connectivity index (χ0v) is 10.6. The van der Waals surface area contributed by atoms with Crippen LogP contribution in [-0.2, 0) is 6.42 Å². The Morgan fingerprint density at radius 1 is 1.33 bits per heavy atom. The molecule has 1 aromatic carbocycles. The van der Waals surface area contributed by atoms with E-state index in [1.165, 1.54) is 12.1 Å². The highest BCUT2D eigenvalue weighted by atomic mass is 35.5. The van der Waals surface area contributed by atoms with E-state index in [-0.39, 0.29) is 17.5 Å². The maximum atomic E-state index is 13.1. The molecule has 0 heterocycles. The Morgan fingerprint density at radius 3 is 2.61 bits per heavy atom. The lowest BCUT2D eigenvalue weighted by atomic mass is 10.0. The maximum Gasteiger partial charge on any atom is 0.401 e. The number of hydrogen-bond acceptors (Lipinski definition) is 1. The monoisotopic (exact) mass is 283 g/mol. The van der Waals surface area contributed by atoms with E-state index in [4.69, 9.17) is 11.6 Å². The van der Waals surface area contributed by atoms with E-state index < -0.39 is 18.5 Å². The fourth-order valence-corrected chi connectivity index (χ4v) is 1.82. The van der Waals surface area contributed by atoms with Crippen molar-refractivity contribution in [3.05, 3.63) is 34.6 Å². The van der Waals surface area contributed by atoms with Crippen molar-refractivity contribution in [2.75, 3.05) is 13.1 Å². The third-order valence-corrected chi connectivity index (χ3v) is 2.84. The van der Waals surface area contributed by atoms with Gasteiger partial charge in [-0.15, -0.1) is 0 Å². The molecule has 1 atom stereocenters. The van der Waals surface area contributed by atoms with E-state index in [9.17, 15) is 17.6 Å². The van der Waals surface area contributed by atoms with E-state index in [0.29, 0.717) is 12.0 Å². The minimum Gasteiger partial charge on any atom is -0.308 e.